The number of thiophene rings is 1. The molecular weight excluding hydrogens is 627 g/mol. The fraction of sp³-hybridized carbons (Fsp3) is 0. The Kier molecular flexibility index (Phi) is 7.39. The number of anilines is 1. The van der Waals surface area contributed by atoms with Crippen molar-refractivity contribution in [2.45, 2.75) is 14.7 Å². The number of nitriles is 1. The average molecular weight is 640 g/mol. The van der Waals surface area contributed by atoms with Gasteiger partial charge in [-0.2, -0.15) is 30.5 Å². The maximum absolute atomic E-state index is 12.2. The molecule has 0 spiro atoms. The highest BCUT2D eigenvalue weighted by Crippen LogP contribution is 2.45. The molecule has 0 aliphatic carbocycles. The summed E-state index contributed by atoms with van der Waals surface area (Å²) in [5.74, 6) is 0. The summed E-state index contributed by atoms with van der Waals surface area (Å²) < 4.78 is 101. The molecule has 4 rings (SSSR count). The number of hydrogen-bond donors (Lipinski definition) is 4. The van der Waals surface area contributed by atoms with Crippen LogP contribution in [0.25, 0.3) is 21.9 Å². The van der Waals surface area contributed by atoms with Gasteiger partial charge in [0.05, 0.1) is 21.1 Å². The van der Waals surface area contributed by atoms with Crippen molar-refractivity contribution in [2.24, 2.45) is 10.2 Å². The quantitative estimate of drug-likeness (QED) is 0.0960. The minimum Gasteiger partial charge on any atom is -0.389 e. The Hall–Kier alpha value is -4.36. The maximum atomic E-state index is 12.2. The van der Waals surface area contributed by atoms with Crippen molar-refractivity contribution in [3.05, 3.63) is 64.2 Å². The first kappa shape index (κ1) is 29.6. The van der Waals surface area contributed by atoms with Crippen LogP contribution >= 0.6 is 11.3 Å². The molecule has 0 saturated carbocycles. The van der Waals surface area contributed by atoms with Gasteiger partial charge in [0, 0.05) is 28.5 Å². The molecule has 212 valence electrons. The molecule has 41 heavy (non-hydrogen) atoms. The van der Waals surface area contributed by atoms with Gasteiger partial charge in [0.25, 0.3) is 36.0 Å². The fourth-order valence-corrected chi connectivity index (χ4v) is 6.64. The summed E-state index contributed by atoms with van der Waals surface area (Å²) in [5, 5.41) is 27.1. The molecule has 0 fully saturated rings. The zero-order valence-electron chi connectivity index (χ0n) is 19.7. The monoisotopic (exact) mass is 639 g/mol. The van der Waals surface area contributed by atoms with E-state index in [-0.39, 0.29) is 32.4 Å². The van der Waals surface area contributed by atoms with E-state index in [1.54, 1.807) is 0 Å². The highest BCUT2D eigenvalue weighted by Gasteiger charge is 2.26. The third kappa shape index (κ3) is 5.91. The van der Waals surface area contributed by atoms with E-state index in [9.17, 15) is 54.3 Å². The Balaban J connectivity index is 1.99. The Morgan fingerprint density at radius 2 is 1.41 bits per heavy atom. The van der Waals surface area contributed by atoms with Crippen LogP contribution in [0.2, 0.25) is 0 Å². The molecule has 0 aliphatic rings. The second kappa shape index (κ2) is 10.2. The Morgan fingerprint density at radius 1 is 0.854 bits per heavy atom. The van der Waals surface area contributed by atoms with E-state index in [1.165, 1.54) is 24.3 Å². The summed E-state index contributed by atoms with van der Waals surface area (Å²) in [7, 11) is -15.5. The second-order valence-electron chi connectivity index (χ2n) is 8.02. The average Bonchev–Trinajstić information content (AvgIpc) is 3.19. The number of nitrogens with zero attached hydrogens (tertiary/aromatic N) is 4. The minimum atomic E-state index is -5.24. The Labute approximate surface area is 234 Å². The van der Waals surface area contributed by atoms with E-state index >= 15 is 0 Å². The molecule has 1 aromatic heterocycles. The molecular formula is C21H13N5O11S4. The van der Waals surface area contributed by atoms with Crippen LogP contribution in [0.1, 0.15) is 5.56 Å². The van der Waals surface area contributed by atoms with Gasteiger partial charge >= 0.3 is 0 Å². The molecule has 0 atom stereocenters. The van der Waals surface area contributed by atoms with E-state index in [2.05, 4.69) is 10.2 Å². The van der Waals surface area contributed by atoms with E-state index in [4.69, 9.17) is 5.73 Å². The van der Waals surface area contributed by atoms with Gasteiger partial charge in [-0.25, -0.2) is 0 Å². The van der Waals surface area contributed by atoms with Crippen LogP contribution in [-0.2, 0) is 30.4 Å². The van der Waals surface area contributed by atoms with E-state index < -0.39 is 66.4 Å². The van der Waals surface area contributed by atoms with Crippen LogP contribution in [0.4, 0.5) is 21.4 Å². The summed E-state index contributed by atoms with van der Waals surface area (Å²) in [6.07, 6.45) is 0. The first-order valence-electron chi connectivity index (χ1n) is 10.4. The zero-order valence-corrected chi connectivity index (χ0v) is 23.0. The molecule has 0 saturated heterocycles. The fourth-order valence-electron chi connectivity index (χ4n) is 3.73. The van der Waals surface area contributed by atoms with Gasteiger partial charge in [0.1, 0.15) is 25.9 Å². The molecule has 16 nitrogen and oxygen atoms in total. The molecule has 0 aliphatic heterocycles. The molecule has 0 bridgehead atoms. The van der Waals surface area contributed by atoms with Gasteiger partial charge in [-0.3, -0.25) is 23.8 Å². The highest BCUT2D eigenvalue weighted by atomic mass is 32.2. The van der Waals surface area contributed by atoms with Crippen molar-refractivity contribution in [3.8, 4) is 17.2 Å². The third-order valence-electron chi connectivity index (χ3n) is 5.46. The number of nitrogens with two attached hydrogens (primary N) is 1. The van der Waals surface area contributed by atoms with Gasteiger partial charge in [0.2, 0.25) is 0 Å². The standard InChI is InChI=1S/C21H13N5O11S4/c22-9-16-19(10-1-3-12(4-2-10)26(27)28)21(38-20(16)23)25-24-11-5-14-15(17(6-11)40(32,33)34)7-13(39(29,30)31)8-18(14)41(35,36)37/h1-8H,23H2,(H,29,30,31)(H,32,33,34)(H,35,36,37). The molecule has 0 unspecified atom stereocenters. The lowest BCUT2D eigenvalue weighted by Gasteiger charge is -2.11. The van der Waals surface area contributed by atoms with Crippen molar-refractivity contribution in [1.82, 2.24) is 0 Å². The van der Waals surface area contributed by atoms with Crippen molar-refractivity contribution in [1.29, 1.82) is 5.26 Å². The van der Waals surface area contributed by atoms with Crippen molar-refractivity contribution < 1.29 is 43.8 Å². The van der Waals surface area contributed by atoms with Gasteiger partial charge in [-0.05, 0) is 42.0 Å². The van der Waals surface area contributed by atoms with Crippen LogP contribution in [0.15, 0.2) is 73.4 Å². The van der Waals surface area contributed by atoms with Crippen LogP contribution in [0, 0.1) is 21.4 Å². The van der Waals surface area contributed by atoms with Crippen molar-refractivity contribution >= 4 is 73.8 Å². The van der Waals surface area contributed by atoms with Gasteiger partial charge in [-0.1, -0.05) is 11.3 Å². The number of hydrogen-bond acceptors (Lipinski definition) is 13. The van der Waals surface area contributed by atoms with E-state index in [0.29, 0.717) is 18.2 Å². The zero-order chi connectivity index (χ0) is 30.5. The van der Waals surface area contributed by atoms with Crippen molar-refractivity contribution in [2.75, 3.05) is 5.73 Å². The number of non-ortho nitro benzene ring substituents is 1. The molecule has 0 amide bonds. The highest BCUT2D eigenvalue weighted by molar-refractivity contribution is 7.87. The van der Waals surface area contributed by atoms with Crippen LogP contribution in [0.5, 0.6) is 0 Å². The first-order valence-corrected chi connectivity index (χ1v) is 15.6. The molecule has 1 heterocycles. The second-order valence-corrected chi connectivity index (χ2v) is 13.3. The Morgan fingerprint density at radius 3 is 1.93 bits per heavy atom. The van der Waals surface area contributed by atoms with Gasteiger partial charge in [0.15, 0.2) is 0 Å². The first-order chi connectivity index (χ1) is 18.9. The van der Waals surface area contributed by atoms with E-state index in [1.807, 2.05) is 6.07 Å². The van der Waals surface area contributed by atoms with Gasteiger partial charge in [-0.15, -0.1) is 10.2 Å². The number of azo groups is 1. The smallest absolute Gasteiger partial charge is 0.295 e. The summed E-state index contributed by atoms with van der Waals surface area (Å²) in [5.41, 5.74) is 5.64. The SMILES string of the molecule is N#Cc1c(N)sc(N=Nc2cc(S(=O)(=O)O)c3cc(S(=O)(=O)O)cc(S(=O)(=O)O)c3c2)c1-c1ccc([N+](=O)[O-])cc1. The summed E-state index contributed by atoms with van der Waals surface area (Å²) in [6, 6.07) is 9.43. The topological polar surface area (TPSA) is 281 Å². The number of benzene rings is 3. The number of rotatable bonds is 7. The number of fused-ring (bicyclic) bond motifs is 1. The lowest BCUT2D eigenvalue weighted by atomic mass is 10.0. The molecule has 5 N–H and O–H groups in total. The Bertz CT molecular complexity index is 2170. The van der Waals surface area contributed by atoms with Crippen molar-refractivity contribution in [3.63, 3.8) is 0 Å². The lowest BCUT2D eigenvalue weighted by molar-refractivity contribution is -0.384. The van der Waals surface area contributed by atoms with Crippen LogP contribution in [0.3, 0.4) is 0 Å². The molecule has 3 aromatic carbocycles. The number of nitro benzene ring substituents is 1. The predicted octanol–water partition coefficient (Wildman–Crippen LogP) is 4.09. The van der Waals surface area contributed by atoms with E-state index in [0.717, 1.165) is 17.4 Å². The number of nitro groups is 1. The van der Waals surface area contributed by atoms with Crippen LogP contribution in [-0.4, -0.2) is 43.8 Å². The summed E-state index contributed by atoms with van der Waals surface area (Å²) in [6.45, 7) is 0. The minimum absolute atomic E-state index is 0.00154. The largest absolute Gasteiger partial charge is 0.389 e. The summed E-state index contributed by atoms with van der Waals surface area (Å²) in [4.78, 5) is 7.08. The lowest BCUT2D eigenvalue weighted by Crippen LogP contribution is -2.07. The molecule has 0 radical (unpaired) electrons. The van der Waals surface area contributed by atoms with Crippen LogP contribution < -0.4 is 5.73 Å². The number of nitrogen functional groups attached to an aromatic ring is 1. The third-order valence-corrected chi connectivity index (χ3v) is 8.98. The maximum Gasteiger partial charge on any atom is 0.295 e. The van der Waals surface area contributed by atoms with Gasteiger partial charge < -0.3 is 5.73 Å². The summed E-state index contributed by atoms with van der Waals surface area (Å²) >= 11 is 0.779. The molecule has 20 heteroatoms. The predicted molar refractivity (Wildman–Crippen MR) is 143 cm³/mol. The molecule has 4 aromatic rings. The normalized spacial score (nSPS) is 12.5.